The second-order valence-corrected chi connectivity index (χ2v) is 30.6. The maximum atomic E-state index is 13.1. The van der Waals surface area contributed by atoms with Crippen LogP contribution in [0, 0.1) is 0 Å². The predicted molar refractivity (Wildman–Crippen MR) is 400 cm³/mol. The smallest absolute Gasteiger partial charge is 0.462 e. The van der Waals surface area contributed by atoms with Crippen LogP contribution in [0.15, 0.2) is 24.3 Å². The van der Waals surface area contributed by atoms with Crippen LogP contribution in [-0.4, -0.2) is 96.7 Å². The molecule has 0 saturated heterocycles. The van der Waals surface area contributed by atoms with Crippen molar-refractivity contribution < 1.29 is 80.2 Å². The first-order valence-corrected chi connectivity index (χ1v) is 43.6. The van der Waals surface area contributed by atoms with Crippen LogP contribution >= 0.6 is 15.6 Å². The standard InChI is InChI=1S/C79H150O17P2/c1-5-9-13-17-21-25-29-33-36-40-44-48-52-56-60-64-77(82)90-70-75(96-79(84)66-62-58-54-50-46-42-38-35-31-27-23-19-15-11-7-3)72-94-98(87,88)92-68-73(80)67-91-97(85,86)93-71-74(69-89-76(81)63-59-55-51-47-43-39-32-28-24-20-16-12-8-4)95-78(83)65-61-57-53-49-45-41-37-34-30-26-22-18-14-10-6-2/h34-35,37-38,73-75,80H,5-33,36,39-72H2,1-4H3,(H,85,86)(H,87,88)/b37-34-,38-35-/t73-,74-,75-/m1/s1. The van der Waals surface area contributed by atoms with E-state index in [0.29, 0.717) is 25.7 Å². The lowest BCUT2D eigenvalue weighted by Gasteiger charge is -2.21. The Morgan fingerprint density at radius 3 is 0.704 bits per heavy atom. The van der Waals surface area contributed by atoms with Crippen LogP contribution in [0.2, 0.25) is 0 Å². The number of carbonyl (C=O) groups excluding carboxylic acids is 4. The summed E-state index contributed by atoms with van der Waals surface area (Å²) in [4.78, 5) is 73.0. The summed E-state index contributed by atoms with van der Waals surface area (Å²) in [6.07, 6.45) is 67.2. The molecule has 578 valence electrons. The molecular weight excluding hydrogens is 1280 g/mol. The molecule has 98 heavy (non-hydrogen) atoms. The summed E-state index contributed by atoms with van der Waals surface area (Å²) in [5.74, 6) is -2.14. The Bertz CT molecular complexity index is 1950. The van der Waals surface area contributed by atoms with E-state index in [4.69, 9.17) is 37.0 Å². The van der Waals surface area contributed by atoms with E-state index >= 15 is 0 Å². The number of hydrogen-bond acceptors (Lipinski definition) is 15. The van der Waals surface area contributed by atoms with Gasteiger partial charge in [0.15, 0.2) is 12.2 Å². The third kappa shape index (κ3) is 71.9. The summed E-state index contributed by atoms with van der Waals surface area (Å²) < 4.78 is 68.6. The summed E-state index contributed by atoms with van der Waals surface area (Å²) in [5.41, 5.74) is 0. The van der Waals surface area contributed by atoms with Crippen molar-refractivity contribution in [2.24, 2.45) is 0 Å². The number of phosphoric acid groups is 2. The minimum Gasteiger partial charge on any atom is -0.462 e. The van der Waals surface area contributed by atoms with E-state index in [1.54, 1.807) is 0 Å². The van der Waals surface area contributed by atoms with Crippen LogP contribution in [0.1, 0.15) is 400 Å². The van der Waals surface area contributed by atoms with Crippen LogP contribution in [-0.2, 0) is 65.4 Å². The molecule has 0 aromatic rings. The molecule has 19 heteroatoms. The van der Waals surface area contributed by atoms with Crippen LogP contribution in [0.4, 0.5) is 0 Å². The van der Waals surface area contributed by atoms with Gasteiger partial charge in [-0.15, -0.1) is 0 Å². The Morgan fingerprint density at radius 2 is 0.469 bits per heavy atom. The fraction of sp³-hybridized carbons (Fsp3) is 0.899. The van der Waals surface area contributed by atoms with Crippen molar-refractivity contribution in [1.82, 2.24) is 0 Å². The molecule has 0 rings (SSSR count). The molecule has 0 aliphatic heterocycles. The van der Waals surface area contributed by atoms with E-state index in [1.807, 2.05) is 0 Å². The first-order chi connectivity index (χ1) is 47.7. The van der Waals surface area contributed by atoms with Crippen molar-refractivity contribution in [3.8, 4) is 0 Å². The quantitative estimate of drug-likeness (QED) is 0.0169. The highest BCUT2D eigenvalue weighted by molar-refractivity contribution is 7.47. The van der Waals surface area contributed by atoms with Gasteiger partial charge in [-0.1, -0.05) is 322 Å². The lowest BCUT2D eigenvalue weighted by atomic mass is 10.0. The Labute approximate surface area is 599 Å². The number of carbonyl (C=O) groups is 4. The lowest BCUT2D eigenvalue weighted by molar-refractivity contribution is -0.161. The highest BCUT2D eigenvalue weighted by Gasteiger charge is 2.30. The van der Waals surface area contributed by atoms with Crippen molar-refractivity contribution in [2.45, 2.75) is 418 Å². The summed E-state index contributed by atoms with van der Waals surface area (Å²) >= 11 is 0. The molecule has 0 aromatic heterocycles. The fourth-order valence-electron chi connectivity index (χ4n) is 11.7. The second kappa shape index (κ2) is 72.9. The molecule has 0 heterocycles. The van der Waals surface area contributed by atoms with Gasteiger partial charge in [-0.2, -0.15) is 0 Å². The van der Waals surface area contributed by atoms with Gasteiger partial charge in [-0.25, -0.2) is 9.13 Å². The van der Waals surface area contributed by atoms with Gasteiger partial charge in [0, 0.05) is 25.7 Å². The molecule has 2 unspecified atom stereocenters. The van der Waals surface area contributed by atoms with Crippen molar-refractivity contribution in [3.05, 3.63) is 24.3 Å². The molecule has 0 spiro atoms. The number of aliphatic hydroxyl groups excluding tert-OH is 1. The van der Waals surface area contributed by atoms with Crippen LogP contribution in [0.3, 0.4) is 0 Å². The van der Waals surface area contributed by atoms with Gasteiger partial charge in [0.05, 0.1) is 26.4 Å². The van der Waals surface area contributed by atoms with Crippen LogP contribution in [0.25, 0.3) is 0 Å². The van der Waals surface area contributed by atoms with Gasteiger partial charge in [-0.05, 0) is 77.0 Å². The van der Waals surface area contributed by atoms with Crippen molar-refractivity contribution >= 4 is 39.5 Å². The maximum absolute atomic E-state index is 13.1. The highest BCUT2D eigenvalue weighted by Crippen LogP contribution is 2.45. The van der Waals surface area contributed by atoms with Crippen LogP contribution < -0.4 is 0 Å². The third-order valence-electron chi connectivity index (χ3n) is 17.9. The average Bonchev–Trinajstić information content (AvgIpc) is 1.05. The molecule has 5 atom stereocenters. The topological polar surface area (TPSA) is 237 Å². The van der Waals surface area contributed by atoms with Gasteiger partial charge in [0.25, 0.3) is 0 Å². The maximum Gasteiger partial charge on any atom is 0.472 e. The lowest BCUT2D eigenvalue weighted by Crippen LogP contribution is -2.30. The fourth-order valence-corrected chi connectivity index (χ4v) is 13.3. The number of hydrogen-bond donors (Lipinski definition) is 3. The van der Waals surface area contributed by atoms with Crippen molar-refractivity contribution in [2.75, 3.05) is 39.6 Å². The number of esters is 4. The average molecular weight is 1430 g/mol. The molecule has 17 nitrogen and oxygen atoms in total. The van der Waals surface area contributed by atoms with E-state index in [-0.39, 0.29) is 25.7 Å². The summed E-state index contributed by atoms with van der Waals surface area (Å²) in [6.45, 7) is 4.96. The van der Waals surface area contributed by atoms with Gasteiger partial charge in [0.1, 0.15) is 19.3 Å². The monoisotopic (exact) mass is 1430 g/mol. The van der Waals surface area contributed by atoms with Crippen molar-refractivity contribution in [1.29, 1.82) is 0 Å². The Hall–Kier alpha value is -2.46. The van der Waals surface area contributed by atoms with E-state index in [2.05, 4.69) is 52.0 Å². The number of unbranched alkanes of at least 4 members (excludes halogenated alkanes) is 48. The molecular formula is C79H150O17P2. The Kier molecular flexibility index (Phi) is 71.0. The molecule has 0 saturated carbocycles. The highest BCUT2D eigenvalue weighted by atomic mass is 31.2. The molecule has 0 aliphatic rings. The summed E-state index contributed by atoms with van der Waals surface area (Å²) in [7, 11) is -9.93. The van der Waals surface area contributed by atoms with E-state index < -0.39 is 97.5 Å². The second-order valence-electron chi connectivity index (χ2n) is 27.7. The molecule has 3 N–H and O–H groups in total. The van der Waals surface area contributed by atoms with Gasteiger partial charge < -0.3 is 33.8 Å². The zero-order valence-corrected chi connectivity index (χ0v) is 65.0. The third-order valence-corrected chi connectivity index (χ3v) is 19.8. The van der Waals surface area contributed by atoms with Gasteiger partial charge in [-0.3, -0.25) is 37.3 Å². The zero-order valence-electron chi connectivity index (χ0n) is 63.2. The normalized spacial score (nSPS) is 14.0. The Balaban J connectivity index is 5.30. The minimum absolute atomic E-state index is 0.0937. The first-order valence-electron chi connectivity index (χ1n) is 40.6. The van der Waals surface area contributed by atoms with Gasteiger partial charge >= 0.3 is 39.5 Å². The summed E-state index contributed by atoms with van der Waals surface area (Å²) in [5, 5.41) is 10.6. The van der Waals surface area contributed by atoms with E-state index in [1.165, 1.54) is 205 Å². The summed E-state index contributed by atoms with van der Waals surface area (Å²) in [6, 6.07) is 0. The van der Waals surface area contributed by atoms with Crippen LogP contribution in [0.5, 0.6) is 0 Å². The molecule has 0 amide bonds. The molecule has 0 bridgehead atoms. The van der Waals surface area contributed by atoms with E-state index in [0.717, 1.165) is 116 Å². The number of allylic oxidation sites excluding steroid dienone is 4. The minimum atomic E-state index is -4.97. The zero-order chi connectivity index (χ0) is 71.8. The largest absolute Gasteiger partial charge is 0.472 e. The Morgan fingerprint density at radius 1 is 0.276 bits per heavy atom. The SMILES string of the molecule is CCCCCCCC/C=C\CCCCCCCC(=O)O[C@H](COC(=O)CCCCCCCCCCCCCCC)COP(=O)(O)OC[C@@H](O)COP(=O)(O)OC[C@@H](COC(=O)CCCCCCCCCCCCCCCCC)OC(=O)CCCCCCC/C=C\CCCCCCCC. The molecule has 0 fully saturated rings. The molecule has 0 aromatic carbocycles. The van der Waals surface area contributed by atoms with Gasteiger partial charge in [0.2, 0.25) is 0 Å². The van der Waals surface area contributed by atoms with Crippen molar-refractivity contribution in [3.63, 3.8) is 0 Å². The number of phosphoric ester groups is 2. The number of ether oxygens (including phenoxy) is 4. The molecule has 0 aliphatic carbocycles. The van der Waals surface area contributed by atoms with E-state index in [9.17, 15) is 43.2 Å². The predicted octanol–water partition coefficient (Wildman–Crippen LogP) is 23.3. The first kappa shape index (κ1) is 95.5. The number of rotatable bonds is 78. The molecule has 0 radical (unpaired) electrons. The number of aliphatic hydroxyl groups is 1.